The summed E-state index contributed by atoms with van der Waals surface area (Å²) in [5, 5.41) is 11.0. The molecule has 1 unspecified atom stereocenters. The summed E-state index contributed by atoms with van der Waals surface area (Å²) in [6.45, 7) is 10.2. The van der Waals surface area contributed by atoms with E-state index >= 15 is 0 Å². The van der Waals surface area contributed by atoms with Crippen LogP contribution in [0.25, 0.3) is 5.69 Å². The molecular formula is C18H27N5. The van der Waals surface area contributed by atoms with Crippen molar-refractivity contribution in [3.8, 4) is 5.69 Å². The van der Waals surface area contributed by atoms with Gasteiger partial charge in [0.1, 0.15) is 0 Å². The molecule has 1 atom stereocenters. The molecule has 1 aromatic carbocycles. The van der Waals surface area contributed by atoms with E-state index in [9.17, 15) is 0 Å². The maximum atomic E-state index is 4.67. The zero-order chi connectivity index (χ0) is 16.7. The zero-order valence-electron chi connectivity index (χ0n) is 14.5. The normalized spacial score (nSPS) is 13.2. The van der Waals surface area contributed by atoms with Crippen molar-refractivity contribution >= 4 is 5.96 Å². The number of aliphatic imine (C=N–C) groups is 1. The molecule has 1 aromatic heterocycles. The SMILES string of the molecule is CCNC(=NCc1ccc(-n2cccn2)cc1)NC(C)C(C)C. The van der Waals surface area contributed by atoms with E-state index in [1.807, 2.05) is 16.9 Å². The quantitative estimate of drug-likeness (QED) is 0.637. The second kappa shape index (κ2) is 8.36. The van der Waals surface area contributed by atoms with E-state index in [2.05, 4.69) is 72.7 Å². The van der Waals surface area contributed by atoms with Crippen molar-refractivity contribution < 1.29 is 0 Å². The van der Waals surface area contributed by atoms with Crippen molar-refractivity contribution in [2.75, 3.05) is 6.54 Å². The lowest BCUT2D eigenvalue weighted by Gasteiger charge is -2.20. The predicted molar refractivity (Wildman–Crippen MR) is 95.8 cm³/mol. The molecule has 0 radical (unpaired) electrons. The number of nitrogens with one attached hydrogen (secondary N) is 2. The molecule has 0 aliphatic carbocycles. The summed E-state index contributed by atoms with van der Waals surface area (Å²) in [5.41, 5.74) is 2.23. The first-order valence-corrected chi connectivity index (χ1v) is 8.24. The highest BCUT2D eigenvalue weighted by atomic mass is 15.3. The third kappa shape index (κ3) is 5.13. The molecule has 23 heavy (non-hydrogen) atoms. The van der Waals surface area contributed by atoms with E-state index in [4.69, 9.17) is 0 Å². The van der Waals surface area contributed by atoms with Crippen molar-refractivity contribution in [3.63, 3.8) is 0 Å². The van der Waals surface area contributed by atoms with E-state index < -0.39 is 0 Å². The van der Waals surface area contributed by atoms with Gasteiger partial charge in [-0.25, -0.2) is 9.67 Å². The van der Waals surface area contributed by atoms with Gasteiger partial charge in [-0.1, -0.05) is 26.0 Å². The fourth-order valence-electron chi connectivity index (χ4n) is 2.05. The lowest BCUT2D eigenvalue weighted by molar-refractivity contribution is 0.481. The van der Waals surface area contributed by atoms with Crippen LogP contribution >= 0.6 is 0 Å². The van der Waals surface area contributed by atoms with Gasteiger partial charge in [-0.15, -0.1) is 0 Å². The largest absolute Gasteiger partial charge is 0.357 e. The number of aromatic nitrogens is 2. The molecular weight excluding hydrogens is 286 g/mol. The van der Waals surface area contributed by atoms with Crippen LogP contribution in [0.3, 0.4) is 0 Å². The molecule has 2 N–H and O–H groups in total. The number of rotatable bonds is 6. The van der Waals surface area contributed by atoms with E-state index in [0.29, 0.717) is 18.5 Å². The highest BCUT2D eigenvalue weighted by Crippen LogP contribution is 2.09. The Morgan fingerprint density at radius 1 is 1.22 bits per heavy atom. The Kier molecular flexibility index (Phi) is 6.20. The maximum Gasteiger partial charge on any atom is 0.191 e. The molecule has 5 nitrogen and oxygen atoms in total. The van der Waals surface area contributed by atoms with Crippen LogP contribution in [0.5, 0.6) is 0 Å². The number of hydrogen-bond donors (Lipinski definition) is 2. The van der Waals surface area contributed by atoms with Crippen LogP contribution in [-0.2, 0) is 6.54 Å². The van der Waals surface area contributed by atoms with Crippen LogP contribution in [0.2, 0.25) is 0 Å². The summed E-state index contributed by atoms with van der Waals surface area (Å²) < 4.78 is 1.85. The van der Waals surface area contributed by atoms with Crippen molar-refractivity contribution in [1.82, 2.24) is 20.4 Å². The molecule has 0 aliphatic heterocycles. The Bertz CT molecular complexity index is 599. The predicted octanol–water partition coefficient (Wildman–Crippen LogP) is 2.97. The van der Waals surface area contributed by atoms with Crippen molar-refractivity contribution in [3.05, 3.63) is 48.3 Å². The third-order valence-electron chi connectivity index (χ3n) is 3.83. The zero-order valence-corrected chi connectivity index (χ0v) is 14.5. The molecule has 0 aliphatic rings. The molecule has 0 saturated carbocycles. The first-order chi connectivity index (χ1) is 11.1. The molecule has 2 rings (SSSR count). The standard InChI is InChI=1S/C18H27N5/c1-5-19-18(22-15(4)14(2)3)20-13-16-7-9-17(10-8-16)23-12-6-11-21-23/h6-12,14-15H,5,13H2,1-4H3,(H2,19,20,22). The third-order valence-corrected chi connectivity index (χ3v) is 3.83. The Hall–Kier alpha value is -2.30. The van der Waals surface area contributed by atoms with Gasteiger partial charge >= 0.3 is 0 Å². The maximum absolute atomic E-state index is 4.67. The summed E-state index contributed by atoms with van der Waals surface area (Å²) in [4.78, 5) is 4.67. The van der Waals surface area contributed by atoms with E-state index in [1.165, 1.54) is 5.56 Å². The van der Waals surface area contributed by atoms with Gasteiger partial charge in [-0.3, -0.25) is 0 Å². The topological polar surface area (TPSA) is 54.2 Å². The van der Waals surface area contributed by atoms with Crippen LogP contribution in [0.15, 0.2) is 47.7 Å². The smallest absolute Gasteiger partial charge is 0.191 e. The van der Waals surface area contributed by atoms with E-state index in [1.54, 1.807) is 6.20 Å². The second-order valence-electron chi connectivity index (χ2n) is 5.99. The van der Waals surface area contributed by atoms with Crippen LogP contribution in [0, 0.1) is 5.92 Å². The van der Waals surface area contributed by atoms with E-state index in [0.717, 1.165) is 18.2 Å². The Morgan fingerprint density at radius 2 is 1.96 bits per heavy atom. The first kappa shape index (κ1) is 17.1. The van der Waals surface area contributed by atoms with Gasteiger partial charge in [-0.2, -0.15) is 5.10 Å². The van der Waals surface area contributed by atoms with E-state index in [-0.39, 0.29) is 0 Å². The number of hydrogen-bond acceptors (Lipinski definition) is 2. The minimum atomic E-state index is 0.384. The average Bonchev–Trinajstić information content (AvgIpc) is 3.07. The Morgan fingerprint density at radius 3 is 2.52 bits per heavy atom. The summed E-state index contributed by atoms with van der Waals surface area (Å²) in [6, 6.07) is 10.6. The van der Waals surface area contributed by atoms with Gasteiger partial charge in [0.05, 0.1) is 12.2 Å². The highest BCUT2D eigenvalue weighted by Gasteiger charge is 2.08. The number of nitrogens with zero attached hydrogens (tertiary/aromatic N) is 3. The lowest BCUT2D eigenvalue weighted by atomic mass is 10.1. The van der Waals surface area contributed by atoms with Crippen LogP contribution < -0.4 is 10.6 Å². The van der Waals surface area contributed by atoms with Gasteiger partial charge in [0, 0.05) is 25.0 Å². The fraction of sp³-hybridized carbons (Fsp3) is 0.444. The van der Waals surface area contributed by atoms with Gasteiger partial charge < -0.3 is 10.6 Å². The Balaban J connectivity index is 2.01. The van der Waals surface area contributed by atoms with Crippen LogP contribution in [0.4, 0.5) is 0 Å². The van der Waals surface area contributed by atoms with Gasteiger partial charge in [0.2, 0.25) is 0 Å². The Labute approximate surface area is 138 Å². The monoisotopic (exact) mass is 313 g/mol. The fourth-order valence-corrected chi connectivity index (χ4v) is 2.05. The number of benzene rings is 1. The second-order valence-corrected chi connectivity index (χ2v) is 5.99. The molecule has 1 heterocycles. The van der Waals surface area contributed by atoms with Crippen molar-refractivity contribution in [2.24, 2.45) is 10.9 Å². The summed E-state index contributed by atoms with van der Waals surface area (Å²) >= 11 is 0. The van der Waals surface area contributed by atoms with Crippen LogP contribution in [-0.4, -0.2) is 28.3 Å². The molecule has 0 saturated heterocycles. The number of guanidine groups is 1. The van der Waals surface area contributed by atoms with Crippen LogP contribution in [0.1, 0.15) is 33.3 Å². The van der Waals surface area contributed by atoms with Crippen molar-refractivity contribution in [1.29, 1.82) is 0 Å². The van der Waals surface area contributed by atoms with Gasteiger partial charge in [-0.05, 0) is 43.5 Å². The van der Waals surface area contributed by atoms with Gasteiger partial charge in [0.15, 0.2) is 5.96 Å². The molecule has 5 heteroatoms. The minimum absolute atomic E-state index is 0.384. The summed E-state index contributed by atoms with van der Waals surface area (Å²) in [5.74, 6) is 1.43. The molecule has 2 aromatic rings. The molecule has 124 valence electrons. The molecule has 0 amide bonds. The average molecular weight is 313 g/mol. The van der Waals surface area contributed by atoms with Gasteiger partial charge in [0.25, 0.3) is 0 Å². The molecule has 0 spiro atoms. The lowest BCUT2D eigenvalue weighted by Crippen LogP contribution is -2.44. The summed E-state index contributed by atoms with van der Waals surface area (Å²) in [7, 11) is 0. The minimum Gasteiger partial charge on any atom is -0.357 e. The molecule has 0 bridgehead atoms. The highest BCUT2D eigenvalue weighted by molar-refractivity contribution is 5.80. The molecule has 0 fully saturated rings. The van der Waals surface area contributed by atoms with Crippen molar-refractivity contribution in [2.45, 2.75) is 40.3 Å². The summed E-state index contributed by atoms with van der Waals surface area (Å²) in [6.07, 6.45) is 3.72. The first-order valence-electron chi connectivity index (χ1n) is 8.24.